The minimum Gasteiger partial charge on any atom is -0.394 e. The zero-order valence-electron chi connectivity index (χ0n) is 6.84. The Morgan fingerprint density at radius 1 is 1.17 bits per heavy atom. The van der Waals surface area contributed by atoms with Crippen LogP contribution >= 0.6 is 24.0 Å². The van der Waals surface area contributed by atoms with E-state index in [1.54, 1.807) is 7.05 Å². The van der Waals surface area contributed by atoms with Gasteiger partial charge < -0.3 is 25.7 Å². The predicted molar refractivity (Wildman–Crippen MR) is 54.4 cm³/mol. The van der Waals surface area contributed by atoms with Crippen molar-refractivity contribution in [3.8, 4) is 0 Å². The zero-order valence-corrected chi connectivity index (χ0v) is 9.17. The van der Waals surface area contributed by atoms with Crippen LogP contribution in [0.15, 0.2) is 0 Å². The van der Waals surface area contributed by atoms with Crippen LogP contribution in [0.3, 0.4) is 0 Å². The van der Waals surface area contributed by atoms with E-state index in [4.69, 9.17) is 20.4 Å². The first-order valence-electron chi connectivity index (χ1n) is 3.43. The molecule has 0 aromatic carbocycles. The first-order valence-corrected chi connectivity index (χ1v) is 3.43. The average Bonchev–Trinajstić information content (AvgIpc) is 2.02. The molecule has 0 aliphatic carbocycles. The van der Waals surface area contributed by atoms with Crippen molar-refractivity contribution in [2.24, 2.45) is 0 Å². The Kier molecular flexibility index (Phi) is 10.2. The summed E-state index contributed by atoms with van der Waals surface area (Å²) >= 11 is 0. The third-order valence-electron chi connectivity index (χ3n) is 1.39. The first-order chi connectivity index (χ1) is 5.13. The molecule has 5 nitrogen and oxygen atoms in total. The molecule has 0 aromatic heterocycles. The highest BCUT2D eigenvalue weighted by Crippen LogP contribution is 1.98. The molecule has 5 N–H and O–H groups in total. The number of nitrogens with one attached hydrogen (secondary N) is 1. The van der Waals surface area contributed by atoms with E-state index < -0.39 is 24.9 Å². The minimum atomic E-state index is -1.30. The van der Waals surface area contributed by atoms with Gasteiger partial charge in [-0.05, 0) is 7.05 Å². The number of rotatable bonds is 5. The molecule has 0 rings (SSSR count). The lowest BCUT2D eigenvalue weighted by Crippen LogP contribution is -2.43. The van der Waals surface area contributed by atoms with E-state index in [0.29, 0.717) is 0 Å². The van der Waals surface area contributed by atoms with Crippen LogP contribution in [0.2, 0.25) is 0 Å². The minimum absolute atomic E-state index is 0. The summed E-state index contributed by atoms with van der Waals surface area (Å²) in [6.07, 6.45) is -3.63. The zero-order chi connectivity index (χ0) is 8.85. The quantitative estimate of drug-likeness (QED) is 0.374. The van der Waals surface area contributed by atoms with Crippen LogP contribution in [0.1, 0.15) is 0 Å². The Labute approximate surface area is 88.4 Å². The molecule has 3 atom stereocenters. The lowest BCUT2D eigenvalue weighted by molar-refractivity contribution is -0.0745. The van der Waals surface area contributed by atoms with Gasteiger partial charge in [-0.1, -0.05) is 0 Å². The van der Waals surface area contributed by atoms with Crippen molar-refractivity contribution in [1.82, 2.24) is 5.32 Å². The second kappa shape index (κ2) is 8.14. The second-order valence-corrected chi connectivity index (χ2v) is 2.37. The fraction of sp³-hybridized carbons (Fsp3) is 1.00. The van der Waals surface area contributed by atoms with Crippen LogP contribution in [0, 0.1) is 0 Å². The summed E-state index contributed by atoms with van der Waals surface area (Å²) in [5.41, 5.74) is 0. The molecule has 0 amide bonds. The third-order valence-corrected chi connectivity index (χ3v) is 1.39. The maximum absolute atomic E-state index is 9.04. The molecule has 12 heavy (non-hydrogen) atoms. The van der Waals surface area contributed by atoms with Crippen LogP contribution < -0.4 is 5.32 Å². The SMILES string of the molecule is CNC[C@@H](O)[C@@H](O)[C@@H](O)CO.I. The van der Waals surface area contributed by atoms with E-state index in [-0.39, 0.29) is 30.5 Å². The van der Waals surface area contributed by atoms with Crippen molar-refractivity contribution in [2.45, 2.75) is 18.3 Å². The van der Waals surface area contributed by atoms with E-state index in [9.17, 15) is 0 Å². The molecule has 0 unspecified atom stereocenters. The van der Waals surface area contributed by atoms with Gasteiger partial charge in [0.05, 0.1) is 12.7 Å². The molecule has 0 aliphatic rings. The van der Waals surface area contributed by atoms with Crippen LogP contribution in [-0.4, -0.2) is 58.9 Å². The smallest absolute Gasteiger partial charge is 0.109 e. The Bertz CT molecular complexity index is 106. The highest BCUT2D eigenvalue weighted by atomic mass is 127. The molecule has 0 aromatic rings. The Hall–Kier alpha value is 0.530. The van der Waals surface area contributed by atoms with Crippen LogP contribution in [0.5, 0.6) is 0 Å². The standard InChI is InChI=1S/C6H15NO4.HI/c1-7-2-4(9)6(11)5(10)3-8;/h4-11H,2-3H2,1H3;1H/t4-,5+,6-;/m1./s1. The second-order valence-electron chi connectivity index (χ2n) is 2.37. The van der Waals surface area contributed by atoms with Gasteiger partial charge in [-0.2, -0.15) is 0 Å². The number of likely N-dealkylation sites (N-methyl/N-ethyl adjacent to an activating group) is 1. The van der Waals surface area contributed by atoms with Gasteiger partial charge in [0.15, 0.2) is 0 Å². The summed E-state index contributed by atoms with van der Waals surface area (Å²) in [5, 5.41) is 37.9. The van der Waals surface area contributed by atoms with E-state index >= 15 is 0 Å². The molecule has 0 spiro atoms. The van der Waals surface area contributed by atoms with Gasteiger partial charge in [0.1, 0.15) is 12.2 Å². The first kappa shape index (κ1) is 15.0. The molecule has 0 bridgehead atoms. The fourth-order valence-electron chi connectivity index (χ4n) is 0.694. The molecule has 0 radical (unpaired) electrons. The third kappa shape index (κ3) is 5.22. The van der Waals surface area contributed by atoms with E-state index in [1.165, 1.54) is 0 Å². The molecule has 0 aliphatic heterocycles. The summed E-state index contributed by atoms with van der Waals surface area (Å²) < 4.78 is 0. The largest absolute Gasteiger partial charge is 0.394 e. The Balaban J connectivity index is 0. The van der Waals surface area contributed by atoms with Crippen LogP contribution in [0.4, 0.5) is 0 Å². The number of hydrogen-bond acceptors (Lipinski definition) is 5. The summed E-state index contributed by atoms with van der Waals surface area (Å²) in [6.45, 7) is -0.375. The van der Waals surface area contributed by atoms with Gasteiger partial charge >= 0.3 is 0 Å². The lowest BCUT2D eigenvalue weighted by Gasteiger charge is -2.20. The lowest BCUT2D eigenvalue weighted by atomic mass is 10.1. The fourth-order valence-corrected chi connectivity index (χ4v) is 0.694. The molecule has 0 saturated carbocycles. The number of hydrogen-bond donors (Lipinski definition) is 5. The van der Waals surface area contributed by atoms with Crippen LogP contribution in [-0.2, 0) is 0 Å². The molecule has 76 valence electrons. The highest BCUT2D eigenvalue weighted by molar-refractivity contribution is 14.0. The normalized spacial score (nSPS) is 17.8. The maximum Gasteiger partial charge on any atom is 0.109 e. The number of halogens is 1. The molecular weight excluding hydrogens is 277 g/mol. The van der Waals surface area contributed by atoms with E-state index in [0.717, 1.165) is 0 Å². The predicted octanol–water partition coefficient (Wildman–Crippen LogP) is -2.10. The van der Waals surface area contributed by atoms with Crippen molar-refractivity contribution in [1.29, 1.82) is 0 Å². The van der Waals surface area contributed by atoms with Crippen molar-refractivity contribution >= 4 is 24.0 Å². The molecule has 0 saturated heterocycles. The number of aliphatic hydroxyl groups excluding tert-OH is 4. The molecule has 0 heterocycles. The van der Waals surface area contributed by atoms with Crippen molar-refractivity contribution < 1.29 is 20.4 Å². The summed E-state index contributed by atoms with van der Waals surface area (Å²) in [6, 6.07) is 0. The Morgan fingerprint density at radius 3 is 2.00 bits per heavy atom. The molecular formula is C6H16INO4. The maximum atomic E-state index is 9.04. The van der Waals surface area contributed by atoms with Crippen molar-refractivity contribution in [3.05, 3.63) is 0 Å². The topological polar surface area (TPSA) is 93.0 Å². The van der Waals surface area contributed by atoms with E-state index in [1.807, 2.05) is 0 Å². The average molecular weight is 293 g/mol. The molecule has 0 fully saturated rings. The Morgan fingerprint density at radius 2 is 1.67 bits per heavy atom. The van der Waals surface area contributed by atoms with Gasteiger partial charge in [0.25, 0.3) is 0 Å². The highest BCUT2D eigenvalue weighted by Gasteiger charge is 2.22. The van der Waals surface area contributed by atoms with E-state index in [2.05, 4.69) is 5.32 Å². The van der Waals surface area contributed by atoms with Crippen LogP contribution in [0.25, 0.3) is 0 Å². The van der Waals surface area contributed by atoms with Gasteiger partial charge in [-0.25, -0.2) is 0 Å². The van der Waals surface area contributed by atoms with Crippen molar-refractivity contribution in [2.75, 3.05) is 20.2 Å². The van der Waals surface area contributed by atoms with Gasteiger partial charge in [-0.3, -0.25) is 0 Å². The summed E-state index contributed by atoms with van der Waals surface area (Å²) in [7, 11) is 1.61. The van der Waals surface area contributed by atoms with Gasteiger partial charge in [0, 0.05) is 6.54 Å². The summed E-state index contributed by atoms with van der Waals surface area (Å²) in [4.78, 5) is 0. The molecule has 6 heteroatoms. The monoisotopic (exact) mass is 293 g/mol. The number of aliphatic hydroxyl groups is 4. The summed E-state index contributed by atoms with van der Waals surface area (Å²) in [5.74, 6) is 0. The van der Waals surface area contributed by atoms with Gasteiger partial charge in [-0.15, -0.1) is 24.0 Å². The van der Waals surface area contributed by atoms with Crippen molar-refractivity contribution in [3.63, 3.8) is 0 Å². The van der Waals surface area contributed by atoms with Gasteiger partial charge in [0.2, 0.25) is 0 Å².